The number of nitrogens with zero attached hydrogens (tertiary/aromatic N) is 1. The van der Waals surface area contributed by atoms with Gasteiger partial charge in [0.15, 0.2) is 0 Å². The molecule has 2 rings (SSSR count). The zero-order chi connectivity index (χ0) is 8.72. The van der Waals surface area contributed by atoms with E-state index in [2.05, 4.69) is 12.2 Å². The van der Waals surface area contributed by atoms with Gasteiger partial charge in [-0.05, 0) is 12.3 Å². The van der Waals surface area contributed by atoms with Crippen molar-refractivity contribution in [3.8, 4) is 0 Å². The third-order valence-corrected chi connectivity index (χ3v) is 2.55. The summed E-state index contributed by atoms with van der Waals surface area (Å²) in [7, 11) is 0. The Morgan fingerprint density at radius 2 is 2.25 bits per heavy atom. The van der Waals surface area contributed by atoms with Crippen molar-refractivity contribution in [2.24, 2.45) is 5.92 Å². The summed E-state index contributed by atoms with van der Waals surface area (Å²) >= 11 is 0. The van der Waals surface area contributed by atoms with Crippen molar-refractivity contribution in [1.82, 2.24) is 10.2 Å². The minimum absolute atomic E-state index is 0.0129. The van der Waals surface area contributed by atoms with Crippen molar-refractivity contribution in [3.63, 3.8) is 0 Å². The molecule has 0 unspecified atom stereocenters. The third-order valence-electron chi connectivity index (χ3n) is 2.55. The van der Waals surface area contributed by atoms with Crippen LogP contribution in [0.15, 0.2) is 0 Å². The number of amides is 2. The van der Waals surface area contributed by atoms with Gasteiger partial charge in [0.1, 0.15) is 6.04 Å². The maximum absolute atomic E-state index is 11.3. The van der Waals surface area contributed by atoms with Crippen molar-refractivity contribution in [2.75, 3.05) is 13.1 Å². The Labute approximate surface area is 70.9 Å². The van der Waals surface area contributed by atoms with Gasteiger partial charge in [0.25, 0.3) is 0 Å². The maximum atomic E-state index is 11.3. The molecule has 0 aliphatic carbocycles. The van der Waals surface area contributed by atoms with Crippen molar-refractivity contribution in [1.29, 1.82) is 0 Å². The summed E-state index contributed by atoms with van der Waals surface area (Å²) < 4.78 is 0. The van der Waals surface area contributed by atoms with Crippen LogP contribution >= 0.6 is 0 Å². The zero-order valence-corrected chi connectivity index (χ0v) is 7.04. The molecule has 0 radical (unpaired) electrons. The first-order valence-corrected chi connectivity index (χ1v) is 4.25. The smallest absolute Gasteiger partial charge is 0.243 e. The van der Waals surface area contributed by atoms with E-state index in [1.165, 1.54) is 0 Å². The largest absolute Gasteiger partial charge is 0.345 e. The van der Waals surface area contributed by atoms with Crippen LogP contribution in [0.2, 0.25) is 0 Å². The van der Waals surface area contributed by atoms with E-state index in [1.54, 1.807) is 4.90 Å². The van der Waals surface area contributed by atoms with Crippen molar-refractivity contribution in [3.05, 3.63) is 0 Å². The quantitative estimate of drug-likeness (QED) is 0.522. The number of fused-ring (bicyclic) bond motifs is 1. The number of piperazine rings is 1. The van der Waals surface area contributed by atoms with E-state index in [0.29, 0.717) is 5.92 Å². The third kappa shape index (κ3) is 0.983. The molecular weight excluding hydrogens is 156 g/mol. The molecule has 2 aliphatic rings. The second-order valence-corrected chi connectivity index (χ2v) is 3.62. The highest BCUT2D eigenvalue weighted by Gasteiger charge is 2.40. The molecule has 2 heterocycles. The molecule has 12 heavy (non-hydrogen) atoms. The molecule has 4 heteroatoms. The van der Waals surface area contributed by atoms with Gasteiger partial charge in [-0.2, -0.15) is 0 Å². The molecule has 1 N–H and O–H groups in total. The molecule has 66 valence electrons. The Bertz CT molecular complexity index is 215. The number of nitrogens with one attached hydrogen (secondary N) is 1. The molecule has 2 aliphatic heterocycles. The molecule has 2 atom stereocenters. The molecule has 0 aromatic heterocycles. The van der Waals surface area contributed by atoms with Crippen LogP contribution in [0.5, 0.6) is 0 Å². The predicted molar refractivity (Wildman–Crippen MR) is 42.3 cm³/mol. The first-order chi connectivity index (χ1) is 5.68. The molecule has 0 bridgehead atoms. The Morgan fingerprint density at radius 3 is 2.92 bits per heavy atom. The Balaban J connectivity index is 2.20. The fraction of sp³-hybridized carbons (Fsp3) is 0.750. The summed E-state index contributed by atoms with van der Waals surface area (Å²) in [5.74, 6) is 0.533. The summed E-state index contributed by atoms with van der Waals surface area (Å²) in [6.07, 6.45) is 0.817. The molecule has 2 saturated heterocycles. The van der Waals surface area contributed by atoms with Crippen LogP contribution in [-0.2, 0) is 9.59 Å². The van der Waals surface area contributed by atoms with E-state index in [1.807, 2.05) is 0 Å². The van der Waals surface area contributed by atoms with Gasteiger partial charge in [-0.1, -0.05) is 6.92 Å². The topological polar surface area (TPSA) is 49.4 Å². The van der Waals surface area contributed by atoms with Crippen LogP contribution in [0.3, 0.4) is 0 Å². The number of hydrogen-bond acceptors (Lipinski definition) is 2. The molecular formula is C8H12N2O2. The van der Waals surface area contributed by atoms with Gasteiger partial charge in [0.05, 0.1) is 6.54 Å². The lowest BCUT2D eigenvalue weighted by atomic mass is 10.1. The maximum Gasteiger partial charge on any atom is 0.243 e. The van der Waals surface area contributed by atoms with Gasteiger partial charge in [-0.3, -0.25) is 9.59 Å². The van der Waals surface area contributed by atoms with Gasteiger partial charge in [0, 0.05) is 6.54 Å². The standard InChI is InChI=1S/C8H12N2O2/c1-5-2-6-8(12)9-3-7(11)10(6)4-5/h5-6H,2-4H2,1H3,(H,9,12)/t5-,6+/m1/s1. The lowest BCUT2D eigenvalue weighted by Crippen LogP contribution is -2.55. The second-order valence-electron chi connectivity index (χ2n) is 3.62. The van der Waals surface area contributed by atoms with Crippen LogP contribution in [0.25, 0.3) is 0 Å². The number of carbonyl (C=O) groups excluding carboxylic acids is 2. The predicted octanol–water partition coefficient (Wildman–Crippen LogP) is -0.647. The molecule has 0 saturated carbocycles. The van der Waals surface area contributed by atoms with E-state index in [9.17, 15) is 9.59 Å². The molecule has 0 aromatic carbocycles. The fourth-order valence-corrected chi connectivity index (χ4v) is 1.95. The Hall–Kier alpha value is -1.06. The first kappa shape index (κ1) is 7.58. The molecule has 2 fully saturated rings. The number of carbonyl (C=O) groups is 2. The summed E-state index contributed by atoms with van der Waals surface area (Å²) in [5, 5.41) is 2.59. The van der Waals surface area contributed by atoms with Crippen LogP contribution < -0.4 is 5.32 Å². The number of hydrogen-bond donors (Lipinski definition) is 1. The van der Waals surface area contributed by atoms with Crippen LogP contribution in [0, 0.1) is 5.92 Å². The van der Waals surface area contributed by atoms with E-state index in [0.717, 1.165) is 13.0 Å². The average Bonchev–Trinajstić information content (AvgIpc) is 2.41. The SMILES string of the molecule is C[C@@H]1C[C@H]2C(=O)NCC(=O)N2C1. The number of rotatable bonds is 0. The van der Waals surface area contributed by atoms with Crippen molar-refractivity contribution >= 4 is 11.8 Å². The van der Waals surface area contributed by atoms with Gasteiger partial charge in [-0.25, -0.2) is 0 Å². The lowest BCUT2D eigenvalue weighted by Gasteiger charge is -2.28. The monoisotopic (exact) mass is 168 g/mol. The van der Waals surface area contributed by atoms with Gasteiger partial charge < -0.3 is 10.2 Å². The second kappa shape index (κ2) is 2.47. The molecule has 0 aromatic rings. The summed E-state index contributed by atoms with van der Waals surface area (Å²) in [4.78, 5) is 24.2. The van der Waals surface area contributed by atoms with Crippen LogP contribution in [0.1, 0.15) is 13.3 Å². The Kier molecular flexibility index (Phi) is 1.56. The highest BCUT2D eigenvalue weighted by atomic mass is 16.2. The zero-order valence-electron chi connectivity index (χ0n) is 7.04. The van der Waals surface area contributed by atoms with Crippen molar-refractivity contribution in [2.45, 2.75) is 19.4 Å². The summed E-state index contributed by atoms with van der Waals surface area (Å²) in [6.45, 7) is 3.00. The summed E-state index contributed by atoms with van der Waals surface area (Å²) in [6, 6.07) is -0.179. The molecule has 2 amide bonds. The molecule has 0 spiro atoms. The minimum atomic E-state index is -0.179. The minimum Gasteiger partial charge on any atom is -0.345 e. The van der Waals surface area contributed by atoms with Gasteiger partial charge >= 0.3 is 0 Å². The normalized spacial score (nSPS) is 34.9. The summed E-state index contributed by atoms with van der Waals surface area (Å²) in [5.41, 5.74) is 0. The van der Waals surface area contributed by atoms with Crippen molar-refractivity contribution < 1.29 is 9.59 Å². The molecule has 4 nitrogen and oxygen atoms in total. The Morgan fingerprint density at radius 1 is 1.50 bits per heavy atom. The van der Waals surface area contributed by atoms with E-state index < -0.39 is 0 Å². The lowest BCUT2D eigenvalue weighted by molar-refractivity contribution is -0.143. The van der Waals surface area contributed by atoms with Gasteiger partial charge in [-0.15, -0.1) is 0 Å². The van der Waals surface area contributed by atoms with E-state index >= 15 is 0 Å². The van der Waals surface area contributed by atoms with Gasteiger partial charge in [0.2, 0.25) is 11.8 Å². The van der Waals surface area contributed by atoms with E-state index in [4.69, 9.17) is 0 Å². The fourth-order valence-electron chi connectivity index (χ4n) is 1.95. The highest BCUT2D eigenvalue weighted by molar-refractivity contribution is 5.95. The highest BCUT2D eigenvalue weighted by Crippen LogP contribution is 2.24. The average molecular weight is 168 g/mol. The van der Waals surface area contributed by atoms with E-state index in [-0.39, 0.29) is 24.4 Å². The van der Waals surface area contributed by atoms with Crippen LogP contribution in [-0.4, -0.2) is 35.8 Å². The van der Waals surface area contributed by atoms with Crippen LogP contribution in [0.4, 0.5) is 0 Å². The first-order valence-electron chi connectivity index (χ1n) is 4.25.